The molecule has 136 valence electrons. The zero-order chi connectivity index (χ0) is 19.1. The van der Waals surface area contributed by atoms with Crippen LogP contribution in [0, 0.1) is 13.8 Å². The fourth-order valence-corrected chi connectivity index (χ4v) is 2.34. The van der Waals surface area contributed by atoms with Crippen LogP contribution in [0.4, 0.5) is 0 Å². The molecule has 0 saturated carbocycles. The number of halogens is 1. The molecule has 0 heterocycles. The largest absolute Gasteiger partial charge is 0.481 e. The number of aryl methyl sites for hydroxylation is 1. The van der Waals surface area contributed by atoms with Gasteiger partial charge in [0, 0.05) is 11.1 Å². The lowest BCUT2D eigenvalue weighted by Gasteiger charge is -2.17. The summed E-state index contributed by atoms with van der Waals surface area (Å²) in [5, 5.41) is 0.582. The number of nitrogens with one attached hydrogen (secondary N) is 2. The van der Waals surface area contributed by atoms with Crippen molar-refractivity contribution in [2.24, 2.45) is 0 Å². The standard InChI is InChI=1S/C20H21ClN2O3/c1-13-6-4-9-18(14(13)2)26-15(3)20(25)23-22-19(24)11-10-16-7-5-8-17(21)12-16/h4-12,15H,1-3H3,(H,22,24)(H,23,25)/b11-10+/t15-/m1/s1. The maximum Gasteiger partial charge on any atom is 0.279 e. The molecule has 0 unspecified atom stereocenters. The van der Waals surface area contributed by atoms with Crippen molar-refractivity contribution in [2.45, 2.75) is 26.9 Å². The van der Waals surface area contributed by atoms with Crippen molar-refractivity contribution in [1.29, 1.82) is 0 Å². The summed E-state index contributed by atoms with van der Waals surface area (Å²) in [6, 6.07) is 12.7. The summed E-state index contributed by atoms with van der Waals surface area (Å²) in [5.41, 5.74) is 7.50. The molecule has 2 amide bonds. The van der Waals surface area contributed by atoms with Crippen LogP contribution in [0.15, 0.2) is 48.5 Å². The lowest BCUT2D eigenvalue weighted by molar-refractivity contribution is -0.131. The van der Waals surface area contributed by atoms with Gasteiger partial charge >= 0.3 is 0 Å². The van der Waals surface area contributed by atoms with Crippen molar-refractivity contribution >= 4 is 29.5 Å². The molecule has 0 fully saturated rings. The van der Waals surface area contributed by atoms with Crippen molar-refractivity contribution in [1.82, 2.24) is 10.9 Å². The lowest BCUT2D eigenvalue weighted by Crippen LogP contribution is -2.46. The first-order valence-electron chi connectivity index (χ1n) is 8.13. The number of amides is 2. The van der Waals surface area contributed by atoms with E-state index < -0.39 is 17.9 Å². The molecule has 1 atom stereocenters. The van der Waals surface area contributed by atoms with Crippen molar-refractivity contribution in [3.8, 4) is 5.75 Å². The lowest BCUT2D eigenvalue weighted by atomic mass is 10.1. The van der Waals surface area contributed by atoms with Crippen molar-refractivity contribution in [3.63, 3.8) is 0 Å². The van der Waals surface area contributed by atoms with Crippen LogP contribution in [0.25, 0.3) is 6.08 Å². The molecule has 2 aromatic rings. The number of benzene rings is 2. The minimum atomic E-state index is -0.757. The third kappa shape index (κ3) is 5.63. The highest BCUT2D eigenvalue weighted by Crippen LogP contribution is 2.21. The SMILES string of the molecule is Cc1cccc(O[C@H](C)C(=O)NNC(=O)/C=C/c2cccc(Cl)c2)c1C. The van der Waals surface area contributed by atoms with Gasteiger partial charge in [0.25, 0.3) is 11.8 Å². The van der Waals surface area contributed by atoms with Gasteiger partial charge in [-0.2, -0.15) is 0 Å². The monoisotopic (exact) mass is 372 g/mol. The van der Waals surface area contributed by atoms with E-state index in [-0.39, 0.29) is 0 Å². The average Bonchev–Trinajstić information content (AvgIpc) is 2.61. The van der Waals surface area contributed by atoms with Gasteiger partial charge in [0.1, 0.15) is 5.75 Å². The Bertz CT molecular complexity index is 834. The molecule has 0 aromatic heterocycles. The number of rotatable bonds is 5. The van der Waals surface area contributed by atoms with E-state index in [2.05, 4.69) is 10.9 Å². The molecule has 5 nitrogen and oxygen atoms in total. The van der Waals surface area contributed by atoms with Crippen LogP contribution in [-0.4, -0.2) is 17.9 Å². The van der Waals surface area contributed by atoms with E-state index in [4.69, 9.17) is 16.3 Å². The number of carbonyl (C=O) groups excluding carboxylic acids is 2. The zero-order valence-electron chi connectivity index (χ0n) is 14.9. The second-order valence-corrected chi connectivity index (χ2v) is 6.26. The van der Waals surface area contributed by atoms with Crippen LogP contribution in [0.2, 0.25) is 5.02 Å². The number of hydrazine groups is 1. The summed E-state index contributed by atoms with van der Waals surface area (Å²) < 4.78 is 5.67. The minimum Gasteiger partial charge on any atom is -0.481 e. The quantitative estimate of drug-likeness (QED) is 0.622. The molecule has 0 spiro atoms. The van der Waals surface area contributed by atoms with Crippen LogP contribution in [0.3, 0.4) is 0 Å². The van der Waals surface area contributed by atoms with Crippen LogP contribution in [-0.2, 0) is 9.59 Å². The molecule has 2 rings (SSSR count). The van der Waals surface area contributed by atoms with Crippen LogP contribution >= 0.6 is 11.6 Å². The maximum absolute atomic E-state index is 12.1. The predicted octanol–water partition coefficient (Wildman–Crippen LogP) is 3.58. The third-order valence-corrected chi connectivity index (χ3v) is 4.05. The molecule has 2 N–H and O–H groups in total. The molecule has 0 aliphatic heterocycles. The molecule has 0 radical (unpaired) electrons. The van der Waals surface area contributed by atoms with E-state index in [1.54, 1.807) is 37.3 Å². The predicted molar refractivity (Wildman–Crippen MR) is 103 cm³/mol. The van der Waals surface area contributed by atoms with Crippen LogP contribution in [0.5, 0.6) is 5.75 Å². The Labute approximate surface area is 158 Å². The second-order valence-electron chi connectivity index (χ2n) is 5.82. The highest BCUT2D eigenvalue weighted by atomic mass is 35.5. The third-order valence-electron chi connectivity index (χ3n) is 3.81. The van der Waals surface area contributed by atoms with Crippen molar-refractivity contribution in [2.75, 3.05) is 0 Å². The Morgan fingerprint density at radius 2 is 1.85 bits per heavy atom. The molecular formula is C20H21ClN2O3. The van der Waals surface area contributed by atoms with Gasteiger partial charge in [-0.3, -0.25) is 20.4 Å². The van der Waals surface area contributed by atoms with Gasteiger partial charge in [-0.1, -0.05) is 35.9 Å². The molecule has 2 aromatic carbocycles. The van der Waals surface area contributed by atoms with E-state index >= 15 is 0 Å². The van der Waals surface area contributed by atoms with Gasteiger partial charge in [0.15, 0.2) is 6.10 Å². The average molecular weight is 373 g/mol. The van der Waals surface area contributed by atoms with Gasteiger partial charge < -0.3 is 4.74 Å². The number of ether oxygens (including phenoxy) is 1. The molecule has 26 heavy (non-hydrogen) atoms. The van der Waals surface area contributed by atoms with Crippen molar-refractivity contribution < 1.29 is 14.3 Å². The fraction of sp³-hybridized carbons (Fsp3) is 0.200. The number of hydrogen-bond acceptors (Lipinski definition) is 3. The number of carbonyl (C=O) groups is 2. The summed E-state index contributed by atoms with van der Waals surface area (Å²) in [6.45, 7) is 5.52. The van der Waals surface area contributed by atoms with E-state index in [1.807, 2.05) is 32.0 Å². The summed E-state index contributed by atoms with van der Waals surface area (Å²) >= 11 is 5.88. The second kappa shape index (κ2) is 9.06. The topological polar surface area (TPSA) is 67.4 Å². The van der Waals surface area contributed by atoms with Gasteiger partial charge in [0.2, 0.25) is 0 Å². The Kier molecular flexibility index (Phi) is 6.81. The van der Waals surface area contributed by atoms with Crippen LogP contribution < -0.4 is 15.6 Å². The van der Waals surface area contributed by atoms with Gasteiger partial charge in [-0.25, -0.2) is 0 Å². The maximum atomic E-state index is 12.1. The zero-order valence-corrected chi connectivity index (χ0v) is 15.6. The summed E-state index contributed by atoms with van der Waals surface area (Å²) in [5.74, 6) is -0.271. The molecule has 0 aliphatic carbocycles. The van der Waals surface area contributed by atoms with E-state index in [0.717, 1.165) is 16.7 Å². The smallest absolute Gasteiger partial charge is 0.279 e. The molecule has 0 aliphatic rings. The van der Waals surface area contributed by atoms with Crippen molar-refractivity contribution in [3.05, 3.63) is 70.3 Å². The summed E-state index contributed by atoms with van der Waals surface area (Å²) in [6.07, 6.45) is 2.15. The highest BCUT2D eigenvalue weighted by molar-refractivity contribution is 6.30. The van der Waals surface area contributed by atoms with E-state index in [9.17, 15) is 9.59 Å². The first-order chi connectivity index (χ1) is 12.4. The Balaban J connectivity index is 1.85. The highest BCUT2D eigenvalue weighted by Gasteiger charge is 2.16. The first kappa shape index (κ1) is 19.5. The van der Waals surface area contributed by atoms with E-state index in [1.165, 1.54) is 6.08 Å². The van der Waals surface area contributed by atoms with Gasteiger partial charge in [-0.05, 0) is 61.7 Å². The first-order valence-corrected chi connectivity index (χ1v) is 8.51. The van der Waals surface area contributed by atoms with E-state index in [0.29, 0.717) is 10.8 Å². The Morgan fingerprint density at radius 1 is 1.12 bits per heavy atom. The molecular weight excluding hydrogens is 352 g/mol. The van der Waals surface area contributed by atoms with Crippen LogP contribution in [0.1, 0.15) is 23.6 Å². The minimum absolute atomic E-state index is 0.449. The molecule has 0 saturated heterocycles. The molecule has 0 bridgehead atoms. The molecule has 6 heteroatoms. The Morgan fingerprint density at radius 3 is 2.58 bits per heavy atom. The normalized spacial score (nSPS) is 11.8. The van der Waals surface area contributed by atoms with Gasteiger partial charge in [-0.15, -0.1) is 0 Å². The summed E-state index contributed by atoms with van der Waals surface area (Å²) in [7, 11) is 0. The Hall–Kier alpha value is -2.79. The van der Waals surface area contributed by atoms with Gasteiger partial charge in [0.05, 0.1) is 0 Å². The summed E-state index contributed by atoms with van der Waals surface area (Å²) in [4.78, 5) is 23.9. The fourth-order valence-electron chi connectivity index (χ4n) is 2.14. The number of hydrogen-bond donors (Lipinski definition) is 2.